The maximum absolute atomic E-state index is 12.5. The van der Waals surface area contributed by atoms with E-state index in [0.717, 1.165) is 18.4 Å². The first kappa shape index (κ1) is 19.3. The van der Waals surface area contributed by atoms with Crippen LogP contribution in [0, 0.1) is 5.92 Å². The number of benzene rings is 1. The van der Waals surface area contributed by atoms with E-state index in [0.29, 0.717) is 25.5 Å². The molecule has 1 aromatic carbocycles. The molecule has 2 aromatic rings. The van der Waals surface area contributed by atoms with Crippen molar-refractivity contribution in [3.63, 3.8) is 0 Å². The summed E-state index contributed by atoms with van der Waals surface area (Å²) in [6.07, 6.45) is 3.24. The van der Waals surface area contributed by atoms with Gasteiger partial charge in [-0.15, -0.1) is 5.10 Å². The number of hydrogen-bond donors (Lipinski definition) is 2. The lowest BCUT2D eigenvalue weighted by atomic mass is 10.0. The first-order chi connectivity index (χ1) is 12.9. The number of piperidine rings is 1. The molecule has 2 amide bonds. The van der Waals surface area contributed by atoms with Gasteiger partial charge in [-0.2, -0.15) is 0 Å². The Morgan fingerprint density at radius 1 is 1.30 bits per heavy atom. The third kappa shape index (κ3) is 5.51. The van der Waals surface area contributed by atoms with Gasteiger partial charge in [-0.1, -0.05) is 35.5 Å². The Kier molecular flexibility index (Phi) is 6.07. The van der Waals surface area contributed by atoms with E-state index >= 15 is 0 Å². The molecule has 2 N–H and O–H groups in total. The molecule has 10 heteroatoms. The smallest absolute Gasteiger partial charge is 0.323 e. The van der Waals surface area contributed by atoms with E-state index in [1.165, 1.54) is 7.05 Å². The fourth-order valence-corrected chi connectivity index (χ4v) is 4.23. The molecule has 1 atom stereocenters. The summed E-state index contributed by atoms with van der Waals surface area (Å²) in [6.45, 7) is 1.57. The number of anilines is 1. The lowest BCUT2D eigenvalue weighted by Gasteiger charge is -2.32. The Bertz CT molecular complexity index is 868. The zero-order valence-corrected chi connectivity index (χ0v) is 16.0. The van der Waals surface area contributed by atoms with Gasteiger partial charge < -0.3 is 4.90 Å². The van der Waals surface area contributed by atoms with Gasteiger partial charge in [0.15, 0.2) is 5.82 Å². The second kappa shape index (κ2) is 8.49. The fraction of sp³-hybridized carbons (Fsp3) is 0.471. The standard InChI is InChI=1S/C17H24N6O3S/c1-18-27(25,26)13-15-8-5-9-22(10-15)17(24)19-16-12-23(21-20-16)11-14-6-3-2-4-7-14/h2-4,6-7,12,15,18H,5,8-11,13H2,1H3,(H,19,24). The van der Waals surface area contributed by atoms with Crippen LogP contribution in [0.25, 0.3) is 0 Å². The van der Waals surface area contributed by atoms with Crippen LogP contribution in [0.3, 0.4) is 0 Å². The van der Waals surface area contributed by atoms with Gasteiger partial charge >= 0.3 is 6.03 Å². The molecule has 1 fully saturated rings. The normalized spacial score (nSPS) is 17.7. The maximum atomic E-state index is 12.5. The quantitative estimate of drug-likeness (QED) is 0.766. The molecule has 1 aliphatic rings. The SMILES string of the molecule is CNS(=O)(=O)CC1CCCN(C(=O)Nc2cn(Cc3ccccc3)nn2)C1. The summed E-state index contributed by atoms with van der Waals surface area (Å²) in [5, 5.41) is 10.8. The lowest BCUT2D eigenvalue weighted by molar-refractivity contribution is 0.182. The van der Waals surface area contributed by atoms with Gasteiger partial charge in [0.25, 0.3) is 0 Å². The maximum Gasteiger partial charge on any atom is 0.323 e. The third-order valence-corrected chi connectivity index (χ3v) is 6.07. The highest BCUT2D eigenvalue weighted by Crippen LogP contribution is 2.19. The minimum atomic E-state index is -3.29. The van der Waals surface area contributed by atoms with Crippen molar-refractivity contribution in [1.82, 2.24) is 24.6 Å². The van der Waals surface area contributed by atoms with Crippen molar-refractivity contribution in [1.29, 1.82) is 0 Å². The van der Waals surface area contributed by atoms with Crippen LogP contribution in [-0.2, 0) is 16.6 Å². The number of urea groups is 1. The Morgan fingerprint density at radius 3 is 2.81 bits per heavy atom. The van der Waals surface area contributed by atoms with E-state index < -0.39 is 10.0 Å². The van der Waals surface area contributed by atoms with E-state index in [1.807, 2.05) is 30.3 Å². The van der Waals surface area contributed by atoms with Gasteiger partial charge in [0, 0.05) is 13.1 Å². The van der Waals surface area contributed by atoms with Crippen molar-refractivity contribution in [3.8, 4) is 0 Å². The van der Waals surface area contributed by atoms with Crippen molar-refractivity contribution in [3.05, 3.63) is 42.1 Å². The van der Waals surface area contributed by atoms with Gasteiger partial charge in [-0.05, 0) is 31.4 Å². The first-order valence-electron chi connectivity index (χ1n) is 8.86. The van der Waals surface area contributed by atoms with Crippen LogP contribution < -0.4 is 10.0 Å². The highest BCUT2D eigenvalue weighted by molar-refractivity contribution is 7.89. The van der Waals surface area contributed by atoms with Crippen LogP contribution >= 0.6 is 0 Å². The molecule has 0 aliphatic carbocycles. The van der Waals surface area contributed by atoms with Crippen LogP contribution in [0.2, 0.25) is 0 Å². The van der Waals surface area contributed by atoms with Crippen molar-refractivity contribution in [2.45, 2.75) is 19.4 Å². The zero-order chi connectivity index (χ0) is 19.3. The molecule has 1 aromatic heterocycles. The van der Waals surface area contributed by atoms with E-state index in [1.54, 1.807) is 15.8 Å². The Hall–Kier alpha value is -2.46. The minimum Gasteiger partial charge on any atom is -0.324 e. The number of nitrogens with one attached hydrogen (secondary N) is 2. The van der Waals surface area contributed by atoms with E-state index in [9.17, 15) is 13.2 Å². The summed E-state index contributed by atoms with van der Waals surface area (Å²) >= 11 is 0. The molecule has 0 radical (unpaired) electrons. The molecule has 0 spiro atoms. The largest absolute Gasteiger partial charge is 0.324 e. The highest BCUT2D eigenvalue weighted by Gasteiger charge is 2.27. The molecule has 0 saturated carbocycles. The summed E-state index contributed by atoms with van der Waals surface area (Å²) in [5.41, 5.74) is 1.09. The topological polar surface area (TPSA) is 109 Å². The van der Waals surface area contributed by atoms with Crippen LogP contribution in [-0.4, -0.2) is 60.2 Å². The molecular weight excluding hydrogens is 368 g/mol. The molecule has 2 heterocycles. The minimum absolute atomic E-state index is 0.0283. The average Bonchev–Trinajstić information content (AvgIpc) is 3.09. The molecule has 27 heavy (non-hydrogen) atoms. The van der Waals surface area contributed by atoms with Crippen molar-refractivity contribution >= 4 is 21.9 Å². The number of carbonyl (C=O) groups excluding carboxylic acids is 1. The monoisotopic (exact) mass is 392 g/mol. The Labute approximate surface area is 158 Å². The number of aromatic nitrogens is 3. The van der Waals surface area contributed by atoms with Crippen molar-refractivity contribution in [2.75, 3.05) is 31.2 Å². The number of likely N-dealkylation sites (tertiary alicyclic amines) is 1. The molecule has 3 rings (SSSR count). The number of rotatable bonds is 6. The highest BCUT2D eigenvalue weighted by atomic mass is 32.2. The zero-order valence-electron chi connectivity index (χ0n) is 15.2. The van der Waals surface area contributed by atoms with Gasteiger partial charge in [0.1, 0.15) is 0 Å². The van der Waals surface area contributed by atoms with Crippen molar-refractivity contribution < 1.29 is 13.2 Å². The second-order valence-electron chi connectivity index (χ2n) is 6.66. The van der Waals surface area contributed by atoms with E-state index in [-0.39, 0.29) is 17.7 Å². The molecule has 1 saturated heterocycles. The molecule has 1 unspecified atom stereocenters. The molecule has 146 valence electrons. The Balaban J connectivity index is 1.55. The Morgan fingerprint density at radius 2 is 2.07 bits per heavy atom. The summed E-state index contributed by atoms with van der Waals surface area (Å²) in [6, 6.07) is 9.56. The van der Waals surface area contributed by atoms with E-state index in [2.05, 4.69) is 20.4 Å². The van der Waals surface area contributed by atoms with Crippen LogP contribution in [0.5, 0.6) is 0 Å². The average molecular weight is 392 g/mol. The predicted molar refractivity (Wildman–Crippen MR) is 102 cm³/mol. The van der Waals surface area contributed by atoms with Crippen LogP contribution in [0.4, 0.5) is 10.6 Å². The first-order valence-corrected chi connectivity index (χ1v) is 10.5. The van der Waals surface area contributed by atoms with Crippen LogP contribution in [0.15, 0.2) is 36.5 Å². The number of hydrogen-bond acceptors (Lipinski definition) is 5. The fourth-order valence-electron chi connectivity index (χ4n) is 3.17. The summed E-state index contributed by atoms with van der Waals surface area (Å²) < 4.78 is 27.5. The number of carbonyl (C=O) groups is 1. The van der Waals surface area contributed by atoms with Crippen molar-refractivity contribution in [2.24, 2.45) is 5.92 Å². The molecule has 0 bridgehead atoms. The summed E-state index contributed by atoms with van der Waals surface area (Å²) in [7, 11) is -1.88. The van der Waals surface area contributed by atoms with Crippen LogP contribution in [0.1, 0.15) is 18.4 Å². The number of amides is 2. The van der Waals surface area contributed by atoms with E-state index in [4.69, 9.17) is 0 Å². The molecule has 1 aliphatic heterocycles. The van der Waals surface area contributed by atoms with Gasteiger partial charge in [-0.25, -0.2) is 22.6 Å². The van der Waals surface area contributed by atoms with Gasteiger partial charge in [0.05, 0.1) is 18.5 Å². The molecule has 9 nitrogen and oxygen atoms in total. The summed E-state index contributed by atoms with van der Waals surface area (Å²) in [4.78, 5) is 14.1. The molecular formula is C17H24N6O3S. The third-order valence-electron chi connectivity index (χ3n) is 4.53. The number of sulfonamides is 1. The lowest BCUT2D eigenvalue weighted by Crippen LogP contribution is -2.44. The van der Waals surface area contributed by atoms with Gasteiger partial charge in [-0.3, -0.25) is 5.32 Å². The van der Waals surface area contributed by atoms with Gasteiger partial charge in [0.2, 0.25) is 10.0 Å². The second-order valence-corrected chi connectivity index (χ2v) is 8.63. The number of nitrogens with zero attached hydrogens (tertiary/aromatic N) is 4. The summed E-state index contributed by atoms with van der Waals surface area (Å²) in [5.74, 6) is 0.331. The predicted octanol–water partition coefficient (Wildman–Crippen LogP) is 1.12.